The van der Waals surface area contributed by atoms with Gasteiger partial charge in [-0.1, -0.05) is 84.9 Å². The van der Waals surface area contributed by atoms with Crippen LogP contribution in [0.3, 0.4) is 0 Å². The molecule has 0 fully saturated rings. The molecule has 0 saturated carbocycles. The average molecular weight is 376 g/mol. The van der Waals surface area contributed by atoms with Gasteiger partial charge in [0.2, 0.25) is 5.43 Å². The molecule has 5 aromatic rings. The van der Waals surface area contributed by atoms with Crippen LogP contribution >= 0.6 is 0 Å². The van der Waals surface area contributed by atoms with Crippen LogP contribution in [-0.4, -0.2) is 0 Å². The van der Waals surface area contributed by atoms with E-state index in [4.69, 9.17) is 4.42 Å². The Labute approximate surface area is 169 Å². The number of rotatable bonds is 4. The Morgan fingerprint density at radius 2 is 0.966 bits per heavy atom. The quantitative estimate of drug-likeness (QED) is 0.353. The zero-order valence-corrected chi connectivity index (χ0v) is 16.0. The number of fused-ring (bicyclic) bond motifs is 2. The van der Waals surface area contributed by atoms with Crippen LogP contribution in [0.4, 0.5) is 0 Å². The lowest BCUT2D eigenvalue weighted by Crippen LogP contribution is -2.05. The van der Waals surface area contributed by atoms with E-state index in [0.717, 1.165) is 24.0 Å². The molecule has 1 aromatic heterocycles. The molecule has 0 spiro atoms. The van der Waals surface area contributed by atoms with Crippen molar-refractivity contribution in [3.8, 4) is 0 Å². The van der Waals surface area contributed by atoms with Gasteiger partial charge in [0, 0.05) is 12.8 Å². The Kier molecular flexibility index (Phi) is 4.45. The summed E-state index contributed by atoms with van der Waals surface area (Å²) >= 11 is 0. The third kappa shape index (κ3) is 3.34. The Bertz CT molecular complexity index is 1250. The Morgan fingerprint density at radius 1 is 0.517 bits per heavy atom. The van der Waals surface area contributed by atoms with Crippen LogP contribution in [-0.2, 0) is 12.8 Å². The van der Waals surface area contributed by atoms with Crippen molar-refractivity contribution in [1.29, 1.82) is 0 Å². The van der Waals surface area contributed by atoms with Gasteiger partial charge in [0.05, 0.1) is 10.8 Å². The number of hydrogen-bond donors (Lipinski definition) is 0. The monoisotopic (exact) mass is 376 g/mol. The Balaban J connectivity index is 1.71. The summed E-state index contributed by atoms with van der Waals surface area (Å²) in [4.78, 5) is 13.2. The van der Waals surface area contributed by atoms with Crippen LogP contribution < -0.4 is 5.43 Å². The average Bonchev–Trinajstić information content (AvgIpc) is 2.77. The maximum absolute atomic E-state index is 13.2. The summed E-state index contributed by atoms with van der Waals surface area (Å²) < 4.78 is 6.43. The minimum atomic E-state index is 0.0334. The summed E-state index contributed by atoms with van der Waals surface area (Å²) in [5.74, 6) is 0. The summed E-state index contributed by atoms with van der Waals surface area (Å²) in [6.45, 7) is 0. The van der Waals surface area contributed by atoms with Crippen LogP contribution in [0.25, 0.3) is 21.9 Å². The number of hydrogen-bond acceptors (Lipinski definition) is 2. The van der Waals surface area contributed by atoms with Crippen LogP contribution in [0.2, 0.25) is 0 Å². The van der Waals surface area contributed by atoms with E-state index in [1.807, 2.05) is 72.8 Å². The molecule has 29 heavy (non-hydrogen) atoms. The van der Waals surface area contributed by atoms with Gasteiger partial charge in [-0.25, -0.2) is 0 Å². The van der Waals surface area contributed by atoms with Crippen molar-refractivity contribution in [3.63, 3.8) is 0 Å². The van der Waals surface area contributed by atoms with Gasteiger partial charge in [-0.05, 0) is 34.4 Å². The van der Waals surface area contributed by atoms with Gasteiger partial charge in [0.1, 0.15) is 11.2 Å². The number of benzene rings is 4. The molecule has 0 aliphatic heterocycles. The summed E-state index contributed by atoms with van der Waals surface area (Å²) in [6, 6.07) is 32.2. The molecule has 5 rings (SSSR count). The third-order valence-electron chi connectivity index (χ3n) is 5.36. The van der Waals surface area contributed by atoms with E-state index in [-0.39, 0.29) is 5.43 Å². The van der Waals surface area contributed by atoms with E-state index in [1.54, 1.807) is 0 Å². The van der Waals surface area contributed by atoms with E-state index in [9.17, 15) is 4.79 Å². The topological polar surface area (TPSA) is 30.2 Å². The maximum Gasteiger partial charge on any atom is 0.200 e. The first kappa shape index (κ1) is 17.4. The summed E-state index contributed by atoms with van der Waals surface area (Å²) in [6.07, 6.45) is 1.46. The van der Waals surface area contributed by atoms with E-state index in [1.165, 1.54) is 11.1 Å². The van der Waals surface area contributed by atoms with Gasteiger partial charge in [0.15, 0.2) is 0 Å². The molecule has 140 valence electrons. The molecule has 0 saturated heterocycles. The highest BCUT2D eigenvalue weighted by Gasteiger charge is 2.14. The van der Waals surface area contributed by atoms with Crippen molar-refractivity contribution in [2.24, 2.45) is 0 Å². The second-order valence-corrected chi connectivity index (χ2v) is 7.34. The first-order chi connectivity index (χ1) is 14.3. The van der Waals surface area contributed by atoms with Crippen LogP contribution in [0.5, 0.6) is 0 Å². The van der Waals surface area contributed by atoms with Gasteiger partial charge < -0.3 is 4.42 Å². The SMILES string of the molecule is O=c1c2cccc(Cc3ccccc3)c2oc2c(Cc3ccccc3)cccc12. The molecule has 0 radical (unpaired) electrons. The fourth-order valence-electron chi connectivity index (χ4n) is 3.93. The van der Waals surface area contributed by atoms with E-state index in [2.05, 4.69) is 24.3 Å². The molecular formula is C27H20O2. The summed E-state index contributed by atoms with van der Waals surface area (Å²) in [5.41, 5.74) is 5.86. The van der Waals surface area contributed by atoms with E-state index >= 15 is 0 Å². The maximum atomic E-state index is 13.2. The predicted octanol–water partition coefficient (Wildman–Crippen LogP) is 6.13. The lowest BCUT2D eigenvalue weighted by molar-refractivity contribution is 0.650. The van der Waals surface area contributed by atoms with E-state index in [0.29, 0.717) is 21.9 Å². The molecule has 4 aromatic carbocycles. The molecule has 2 heteroatoms. The Hall–Kier alpha value is -3.65. The molecule has 2 nitrogen and oxygen atoms in total. The molecule has 0 unspecified atom stereocenters. The van der Waals surface area contributed by atoms with Gasteiger partial charge in [-0.3, -0.25) is 4.79 Å². The van der Waals surface area contributed by atoms with E-state index < -0.39 is 0 Å². The minimum absolute atomic E-state index is 0.0334. The Morgan fingerprint density at radius 3 is 1.41 bits per heavy atom. The molecule has 0 amide bonds. The minimum Gasteiger partial charge on any atom is -0.455 e. The van der Waals surface area contributed by atoms with Crippen molar-refractivity contribution < 1.29 is 4.42 Å². The van der Waals surface area contributed by atoms with Gasteiger partial charge >= 0.3 is 0 Å². The standard InChI is InChI=1S/C27H20O2/c28-25-23-15-7-13-21(17-19-9-3-1-4-10-19)26(23)29-27-22(14-8-16-24(25)27)18-20-11-5-2-6-12-20/h1-16H,17-18H2. The first-order valence-corrected chi connectivity index (χ1v) is 9.84. The van der Waals surface area contributed by atoms with Crippen molar-refractivity contribution in [2.75, 3.05) is 0 Å². The van der Waals surface area contributed by atoms with Gasteiger partial charge in [-0.15, -0.1) is 0 Å². The fraction of sp³-hybridized carbons (Fsp3) is 0.0741. The van der Waals surface area contributed by atoms with Crippen LogP contribution in [0.15, 0.2) is 106 Å². The predicted molar refractivity (Wildman–Crippen MR) is 118 cm³/mol. The highest BCUT2D eigenvalue weighted by molar-refractivity contribution is 5.92. The molecule has 0 aliphatic carbocycles. The molecule has 0 aliphatic rings. The lowest BCUT2D eigenvalue weighted by atomic mass is 9.99. The van der Waals surface area contributed by atoms with Crippen molar-refractivity contribution >= 4 is 21.9 Å². The lowest BCUT2D eigenvalue weighted by Gasteiger charge is -2.10. The fourth-order valence-corrected chi connectivity index (χ4v) is 3.93. The summed E-state index contributed by atoms with van der Waals surface area (Å²) in [5, 5.41) is 1.28. The summed E-state index contributed by atoms with van der Waals surface area (Å²) in [7, 11) is 0. The van der Waals surface area contributed by atoms with Crippen molar-refractivity contribution in [1.82, 2.24) is 0 Å². The zero-order chi connectivity index (χ0) is 19.6. The molecule has 1 heterocycles. The van der Waals surface area contributed by atoms with Crippen molar-refractivity contribution in [3.05, 3.63) is 130 Å². The molecule has 0 bridgehead atoms. The first-order valence-electron chi connectivity index (χ1n) is 9.84. The molecular weight excluding hydrogens is 356 g/mol. The van der Waals surface area contributed by atoms with Crippen molar-refractivity contribution in [2.45, 2.75) is 12.8 Å². The van der Waals surface area contributed by atoms with Gasteiger partial charge in [0.25, 0.3) is 0 Å². The largest absolute Gasteiger partial charge is 0.455 e. The number of para-hydroxylation sites is 2. The third-order valence-corrected chi connectivity index (χ3v) is 5.36. The second kappa shape index (κ2) is 7.40. The smallest absolute Gasteiger partial charge is 0.200 e. The normalized spacial score (nSPS) is 11.2. The van der Waals surface area contributed by atoms with Gasteiger partial charge in [-0.2, -0.15) is 0 Å². The van der Waals surface area contributed by atoms with Crippen LogP contribution in [0, 0.1) is 0 Å². The highest BCUT2D eigenvalue weighted by Crippen LogP contribution is 2.27. The molecule has 0 N–H and O–H groups in total. The van der Waals surface area contributed by atoms with Crippen LogP contribution in [0.1, 0.15) is 22.3 Å². The highest BCUT2D eigenvalue weighted by atomic mass is 16.3. The molecule has 0 atom stereocenters. The second-order valence-electron chi connectivity index (χ2n) is 7.34. The zero-order valence-electron chi connectivity index (χ0n) is 16.0.